The lowest BCUT2D eigenvalue weighted by Crippen LogP contribution is -2.42. The lowest BCUT2D eigenvalue weighted by Gasteiger charge is -2.30. The molecule has 0 aromatic rings. The van der Waals surface area contributed by atoms with Crippen molar-refractivity contribution in [1.82, 2.24) is 0 Å². The van der Waals surface area contributed by atoms with Gasteiger partial charge in [0.2, 0.25) is 0 Å². The molecule has 0 amide bonds. The molecule has 0 bridgehead atoms. The summed E-state index contributed by atoms with van der Waals surface area (Å²) in [4.78, 5) is 0. The third-order valence-corrected chi connectivity index (χ3v) is 10.2. The lowest BCUT2D eigenvalue weighted by molar-refractivity contribution is 0.180. The maximum absolute atomic E-state index is 6.34. The van der Waals surface area contributed by atoms with E-state index in [2.05, 4.69) is 27.7 Å². The van der Waals surface area contributed by atoms with Crippen molar-refractivity contribution >= 4 is 8.56 Å². The normalized spacial score (nSPS) is 12.0. The molecule has 182 valence electrons. The van der Waals surface area contributed by atoms with E-state index >= 15 is 0 Å². The van der Waals surface area contributed by atoms with Crippen molar-refractivity contribution in [2.75, 3.05) is 13.2 Å². The zero-order valence-electron chi connectivity index (χ0n) is 21.6. The van der Waals surface area contributed by atoms with E-state index in [1.807, 2.05) is 0 Å². The Kier molecular flexibility index (Phi) is 23.9. The number of hydrogen-bond donors (Lipinski definition) is 0. The van der Waals surface area contributed by atoms with Crippen LogP contribution in [0.3, 0.4) is 0 Å². The second-order valence-electron chi connectivity index (χ2n) is 9.29. The minimum atomic E-state index is -1.97. The molecule has 0 spiro atoms. The van der Waals surface area contributed by atoms with Gasteiger partial charge < -0.3 is 8.85 Å². The van der Waals surface area contributed by atoms with Crippen molar-refractivity contribution in [1.29, 1.82) is 0 Å². The molecule has 0 unspecified atom stereocenters. The summed E-state index contributed by atoms with van der Waals surface area (Å²) in [5, 5.41) is 0. The highest BCUT2D eigenvalue weighted by atomic mass is 28.4. The van der Waals surface area contributed by atoms with E-state index in [4.69, 9.17) is 8.85 Å². The van der Waals surface area contributed by atoms with Gasteiger partial charge in [0.25, 0.3) is 0 Å². The highest BCUT2D eigenvalue weighted by molar-refractivity contribution is 6.67. The first kappa shape index (κ1) is 30.1. The molecule has 30 heavy (non-hydrogen) atoms. The second kappa shape index (κ2) is 23.8. The SMILES string of the molecule is CCCCCCCCCCCCC[Si](CCCCCCCCCC)(OCC)OCC. The first-order valence-electron chi connectivity index (χ1n) is 14.0. The van der Waals surface area contributed by atoms with Gasteiger partial charge in [-0.25, -0.2) is 0 Å². The average molecular weight is 443 g/mol. The molecular weight excluding hydrogens is 384 g/mol. The fraction of sp³-hybridized carbons (Fsp3) is 1.00. The largest absolute Gasteiger partial charge is 0.394 e. The van der Waals surface area contributed by atoms with Gasteiger partial charge in [-0.2, -0.15) is 0 Å². The van der Waals surface area contributed by atoms with Crippen LogP contribution in [0.1, 0.15) is 150 Å². The van der Waals surface area contributed by atoms with Gasteiger partial charge in [-0.3, -0.25) is 0 Å². The van der Waals surface area contributed by atoms with E-state index in [1.165, 1.54) is 134 Å². The molecule has 0 heterocycles. The monoisotopic (exact) mass is 442 g/mol. The number of unbranched alkanes of at least 4 members (excludes halogenated alkanes) is 17. The smallest absolute Gasteiger partial charge is 0.338 e. The highest BCUT2D eigenvalue weighted by Gasteiger charge is 2.35. The molecule has 2 nitrogen and oxygen atoms in total. The molecule has 0 aromatic carbocycles. The zero-order valence-corrected chi connectivity index (χ0v) is 22.6. The molecule has 0 fully saturated rings. The molecule has 0 atom stereocenters. The maximum Gasteiger partial charge on any atom is 0.338 e. The van der Waals surface area contributed by atoms with Crippen molar-refractivity contribution in [2.24, 2.45) is 0 Å². The molecule has 0 N–H and O–H groups in total. The van der Waals surface area contributed by atoms with Crippen molar-refractivity contribution < 1.29 is 8.85 Å². The molecule has 0 aliphatic heterocycles. The van der Waals surface area contributed by atoms with E-state index in [0.29, 0.717) is 0 Å². The quantitative estimate of drug-likeness (QED) is 0.103. The van der Waals surface area contributed by atoms with Crippen molar-refractivity contribution in [3.05, 3.63) is 0 Å². The van der Waals surface area contributed by atoms with Crippen LogP contribution in [0.15, 0.2) is 0 Å². The third-order valence-electron chi connectivity index (χ3n) is 6.39. The molecular formula is C27H58O2Si. The zero-order chi connectivity index (χ0) is 22.2. The predicted octanol–water partition coefficient (Wildman–Crippen LogP) is 9.95. The summed E-state index contributed by atoms with van der Waals surface area (Å²) in [5.74, 6) is 0. The third kappa shape index (κ3) is 18.9. The van der Waals surface area contributed by atoms with Crippen LogP contribution in [0.5, 0.6) is 0 Å². The Balaban J connectivity index is 3.92. The predicted molar refractivity (Wildman–Crippen MR) is 138 cm³/mol. The van der Waals surface area contributed by atoms with Gasteiger partial charge in [0.1, 0.15) is 0 Å². The fourth-order valence-corrected chi connectivity index (χ4v) is 8.11. The summed E-state index contributed by atoms with van der Waals surface area (Å²) in [6.07, 6.45) is 26.5. The summed E-state index contributed by atoms with van der Waals surface area (Å²) in [6.45, 7) is 10.5. The molecule has 0 radical (unpaired) electrons. The Morgan fingerprint density at radius 2 is 0.633 bits per heavy atom. The Morgan fingerprint density at radius 1 is 0.367 bits per heavy atom. The van der Waals surface area contributed by atoms with Crippen LogP contribution in [0.2, 0.25) is 12.1 Å². The first-order chi connectivity index (χ1) is 14.7. The van der Waals surface area contributed by atoms with Gasteiger partial charge in [0.05, 0.1) is 0 Å². The maximum atomic E-state index is 6.34. The molecule has 0 aliphatic carbocycles. The van der Waals surface area contributed by atoms with Gasteiger partial charge in [0, 0.05) is 13.2 Å². The van der Waals surface area contributed by atoms with E-state index in [1.54, 1.807) is 0 Å². The van der Waals surface area contributed by atoms with Gasteiger partial charge in [-0.1, -0.05) is 136 Å². The Labute approximate surface area is 192 Å². The topological polar surface area (TPSA) is 18.5 Å². The van der Waals surface area contributed by atoms with Crippen LogP contribution >= 0.6 is 0 Å². The van der Waals surface area contributed by atoms with E-state index in [0.717, 1.165) is 13.2 Å². The lowest BCUT2D eigenvalue weighted by atomic mass is 10.1. The average Bonchev–Trinajstić information content (AvgIpc) is 2.74. The van der Waals surface area contributed by atoms with Crippen LogP contribution < -0.4 is 0 Å². The van der Waals surface area contributed by atoms with Gasteiger partial charge in [-0.05, 0) is 25.9 Å². The summed E-state index contributed by atoms with van der Waals surface area (Å²) in [5.41, 5.74) is 0. The second-order valence-corrected chi connectivity index (χ2v) is 12.7. The molecule has 3 heteroatoms. The summed E-state index contributed by atoms with van der Waals surface area (Å²) < 4.78 is 12.7. The Morgan fingerprint density at radius 3 is 0.900 bits per heavy atom. The van der Waals surface area contributed by atoms with Crippen LogP contribution in [0.25, 0.3) is 0 Å². The van der Waals surface area contributed by atoms with Crippen LogP contribution in [-0.4, -0.2) is 21.8 Å². The fourth-order valence-electron chi connectivity index (χ4n) is 4.57. The number of hydrogen-bond acceptors (Lipinski definition) is 2. The summed E-state index contributed by atoms with van der Waals surface area (Å²) in [6, 6.07) is 2.42. The Hall–Kier alpha value is 0.137. The van der Waals surface area contributed by atoms with E-state index in [-0.39, 0.29) is 0 Å². The van der Waals surface area contributed by atoms with Gasteiger partial charge in [0.15, 0.2) is 0 Å². The van der Waals surface area contributed by atoms with E-state index in [9.17, 15) is 0 Å². The highest BCUT2D eigenvalue weighted by Crippen LogP contribution is 2.26. The van der Waals surface area contributed by atoms with Crippen LogP contribution in [-0.2, 0) is 8.85 Å². The van der Waals surface area contributed by atoms with Gasteiger partial charge in [-0.15, -0.1) is 0 Å². The van der Waals surface area contributed by atoms with Gasteiger partial charge >= 0.3 is 8.56 Å². The molecule has 0 rings (SSSR count). The van der Waals surface area contributed by atoms with Crippen LogP contribution in [0.4, 0.5) is 0 Å². The summed E-state index contributed by atoms with van der Waals surface area (Å²) in [7, 11) is -1.97. The standard InChI is InChI=1S/C27H58O2Si/c1-5-9-11-13-15-17-18-19-21-23-25-27-30(28-7-3,29-8-4)26-24-22-20-16-14-12-10-6-2/h5-27H2,1-4H3. The molecule has 0 aliphatic rings. The molecule has 0 saturated heterocycles. The number of rotatable bonds is 25. The van der Waals surface area contributed by atoms with Crippen molar-refractivity contribution in [3.8, 4) is 0 Å². The Bertz CT molecular complexity index is 316. The first-order valence-corrected chi connectivity index (χ1v) is 16.3. The molecule has 0 aromatic heterocycles. The molecule has 0 saturated carbocycles. The minimum Gasteiger partial charge on any atom is -0.394 e. The summed E-state index contributed by atoms with van der Waals surface area (Å²) >= 11 is 0. The van der Waals surface area contributed by atoms with Crippen molar-refractivity contribution in [2.45, 2.75) is 162 Å². The van der Waals surface area contributed by atoms with E-state index < -0.39 is 8.56 Å². The van der Waals surface area contributed by atoms with Crippen LogP contribution in [0, 0.1) is 0 Å². The van der Waals surface area contributed by atoms with Crippen molar-refractivity contribution in [3.63, 3.8) is 0 Å². The minimum absolute atomic E-state index is 0.821.